The molecule has 96 valence electrons. The molecule has 1 aromatic carbocycles. The average Bonchev–Trinajstić information content (AvgIpc) is 2.87. The predicted octanol–water partition coefficient (Wildman–Crippen LogP) is 4.00. The van der Waals surface area contributed by atoms with Crippen molar-refractivity contribution < 1.29 is 14.7 Å². The number of carboxylic acid groups (broad SMARTS) is 1. The molecule has 19 heavy (non-hydrogen) atoms. The minimum atomic E-state index is -1.03. The molecular formula is C14H9ClO3S. The maximum Gasteiger partial charge on any atom is 0.345 e. The van der Waals surface area contributed by atoms with Gasteiger partial charge in [-0.05, 0) is 35.9 Å². The Bertz CT molecular complexity index is 658. The monoisotopic (exact) mass is 292 g/mol. The second kappa shape index (κ2) is 5.82. The van der Waals surface area contributed by atoms with Crippen LogP contribution < -0.4 is 0 Å². The number of hydrogen-bond acceptors (Lipinski definition) is 3. The van der Waals surface area contributed by atoms with E-state index in [4.69, 9.17) is 16.7 Å². The Balaban J connectivity index is 2.17. The molecule has 0 aliphatic heterocycles. The van der Waals surface area contributed by atoms with Crippen LogP contribution in [0.4, 0.5) is 0 Å². The summed E-state index contributed by atoms with van der Waals surface area (Å²) in [7, 11) is 0. The third kappa shape index (κ3) is 3.30. The minimum absolute atomic E-state index is 0.148. The normalized spacial score (nSPS) is 10.8. The molecule has 0 aliphatic rings. The first-order chi connectivity index (χ1) is 9.08. The van der Waals surface area contributed by atoms with E-state index in [-0.39, 0.29) is 10.7 Å². The Morgan fingerprint density at radius 1 is 1.11 bits per heavy atom. The summed E-state index contributed by atoms with van der Waals surface area (Å²) in [6, 6.07) is 10.1. The van der Waals surface area contributed by atoms with Gasteiger partial charge in [0.05, 0.1) is 4.88 Å². The van der Waals surface area contributed by atoms with Crippen LogP contribution in [0.3, 0.4) is 0 Å². The number of carbonyl (C=O) groups is 2. The summed E-state index contributed by atoms with van der Waals surface area (Å²) >= 11 is 6.92. The summed E-state index contributed by atoms with van der Waals surface area (Å²) in [5.74, 6) is -1.27. The summed E-state index contributed by atoms with van der Waals surface area (Å²) in [6.45, 7) is 0. The van der Waals surface area contributed by atoms with Gasteiger partial charge >= 0.3 is 5.97 Å². The van der Waals surface area contributed by atoms with Crippen molar-refractivity contribution in [3.8, 4) is 0 Å². The van der Waals surface area contributed by atoms with Crippen molar-refractivity contribution >= 4 is 40.8 Å². The Kier molecular flexibility index (Phi) is 4.14. The molecule has 2 aromatic rings. The summed E-state index contributed by atoms with van der Waals surface area (Å²) < 4.78 is 0. The molecule has 5 heteroatoms. The van der Waals surface area contributed by atoms with Gasteiger partial charge in [-0.3, -0.25) is 4.79 Å². The van der Waals surface area contributed by atoms with Gasteiger partial charge in [-0.2, -0.15) is 0 Å². The Morgan fingerprint density at radius 3 is 2.42 bits per heavy atom. The molecule has 1 heterocycles. The van der Waals surface area contributed by atoms with Crippen LogP contribution in [0, 0.1) is 0 Å². The summed E-state index contributed by atoms with van der Waals surface area (Å²) in [5.41, 5.74) is 0.743. The molecule has 0 amide bonds. The van der Waals surface area contributed by atoms with Gasteiger partial charge in [-0.15, -0.1) is 11.3 Å². The van der Waals surface area contributed by atoms with E-state index in [0.29, 0.717) is 9.90 Å². The lowest BCUT2D eigenvalue weighted by molar-refractivity contribution is 0.0702. The van der Waals surface area contributed by atoms with Crippen LogP contribution in [-0.2, 0) is 0 Å². The van der Waals surface area contributed by atoms with E-state index in [2.05, 4.69) is 0 Å². The fourth-order valence-corrected chi connectivity index (χ4v) is 2.41. The molecule has 0 bridgehead atoms. The van der Waals surface area contributed by atoms with Crippen LogP contribution in [0.1, 0.15) is 24.9 Å². The predicted molar refractivity (Wildman–Crippen MR) is 76.1 cm³/mol. The fourth-order valence-electron chi connectivity index (χ4n) is 1.44. The van der Waals surface area contributed by atoms with Gasteiger partial charge in [0, 0.05) is 5.02 Å². The Hall–Kier alpha value is -1.91. The quantitative estimate of drug-likeness (QED) is 0.684. The van der Waals surface area contributed by atoms with Gasteiger partial charge < -0.3 is 5.11 Å². The zero-order valence-electron chi connectivity index (χ0n) is 9.67. The number of carboxylic acids is 1. The van der Waals surface area contributed by atoms with Gasteiger partial charge in [-0.25, -0.2) is 4.79 Å². The number of ketones is 1. The van der Waals surface area contributed by atoms with E-state index in [1.807, 2.05) is 6.07 Å². The molecule has 0 aliphatic carbocycles. The maximum absolute atomic E-state index is 11.9. The van der Waals surface area contributed by atoms with E-state index < -0.39 is 5.97 Å². The number of aromatic carboxylic acids is 1. The molecule has 0 fully saturated rings. The van der Waals surface area contributed by atoms with E-state index in [0.717, 1.165) is 16.9 Å². The number of allylic oxidation sites excluding steroid dienone is 1. The largest absolute Gasteiger partial charge is 0.477 e. The summed E-state index contributed by atoms with van der Waals surface area (Å²) in [6.07, 6.45) is 3.00. The van der Waals surface area contributed by atoms with Crippen molar-refractivity contribution in [1.82, 2.24) is 0 Å². The number of thiophene rings is 1. The van der Waals surface area contributed by atoms with Crippen molar-refractivity contribution in [2.45, 2.75) is 0 Å². The molecule has 0 radical (unpaired) electrons. The Labute approximate surface area is 118 Å². The van der Waals surface area contributed by atoms with Crippen LogP contribution in [0.5, 0.6) is 0 Å². The number of halogens is 1. The van der Waals surface area contributed by atoms with E-state index in [1.54, 1.807) is 24.3 Å². The molecule has 2 rings (SSSR count). The second-order valence-electron chi connectivity index (χ2n) is 3.69. The first-order valence-electron chi connectivity index (χ1n) is 5.38. The van der Waals surface area contributed by atoms with Crippen molar-refractivity contribution in [2.75, 3.05) is 0 Å². The van der Waals surface area contributed by atoms with Crippen LogP contribution in [0.2, 0.25) is 5.02 Å². The number of benzene rings is 1. The number of hydrogen-bond donors (Lipinski definition) is 1. The van der Waals surface area contributed by atoms with Gasteiger partial charge in [0.25, 0.3) is 0 Å². The lowest BCUT2D eigenvalue weighted by Gasteiger charge is -1.95. The molecule has 3 nitrogen and oxygen atoms in total. The van der Waals surface area contributed by atoms with E-state index >= 15 is 0 Å². The first kappa shape index (κ1) is 13.5. The van der Waals surface area contributed by atoms with Crippen molar-refractivity contribution in [1.29, 1.82) is 0 Å². The van der Waals surface area contributed by atoms with Crippen LogP contribution >= 0.6 is 22.9 Å². The average molecular weight is 293 g/mol. The molecule has 0 saturated carbocycles. The maximum atomic E-state index is 11.9. The van der Waals surface area contributed by atoms with Crippen molar-refractivity contribution in [3.05, 3.63) is 62.8 Å². The lowest BCUT2D eigenvalue weighted by atomic mass is 10.2. The highest BCUT2D eigenvalue weighted by Gasteiger charge is 2.10. The number of carbonyl (C=O) groups excluding carboxylic acids is 1. The molecule has 0 unspecified atom stereocenters. The highest BCUT2D eigenvalue weighted by atomic mass is 35.5. The van der Waals surface area contributed by atoms with Crippen LogP contribution in [0.25, 0.3) is 6.08 Å². The highest BCUT2D eigenvalue weighted by molar-refractivity contribution is 7.16. The van der Waals surface area contributed by atoms with Gasteiger partial charge in [-0.1, -0.05) is 29.8 Å². The zero-order chi connectivity index (χ0) is 13.8. The van der Waals surface area contributed by atoms with Gasteiger partial charge in [0.15, 0.2) is 5.78 Å². The highest BCUT2D eigenvalue weighted by Crippen LogP contribution is 2.19. The minimum Gasteiger partial charge on any atom is -0.477 e. The smallest absolute Gasteiger partial charge is 0.345 e. The van der Waals surface area contributed by atoms with Crippen molar-refractivity contribution in [3.63, 3.8) is 0 Å². The molecule has 1 N–H and O–H groups in total. The molecule has 0 spiro atoms. The SMILES string of the molecule is O=C(O)c1ccc(C(=O)/C=C/c2ccccc2Cl)s1. The lowest BCUT2D eigenvalue weighted by Crippen LogP contribution is -1.91. The third-order valence-corrected chi connectivity index (χ3v) is 3.81. The summed E-state index contributed by atoms with van der Waals surface area (Å²) in [4.78, 5) is 23.1. The van der Waals surface area contributed by atoms with Gasteiger partial charge in [0.2, 0.25) is 0 Å². The third-order valence-electron chi connectivity index (χ3n) is 2.38. The van der Waals surface area contributed by atoms with Crippen LogP contribution in [-0.4, -0.2) is 16.9 Å². The van der Waals surface area contributed by atoms with Gasteiger partial charge in [0.1, 0.15) is 4.88 Å². The molecular weight excluding hydrogens is 284 g/mol. The Morgan fingerprint density at radius 2 is 1.79 bits per heavy atom. The first-order valence-corrected chi connectivity index (χ1v) is 6.57. The van der Waals surface area contributed by atoms with E-state index in [1.165, 1.54) is 18.2 Å². The zero-order valence-corrected chi connectivity index (χ0v) is 11.2. The summed E-state index contributed by atoms with van der Waals surface area (Å²) in [5, 5.41) is 9.35. The van der Waals surface area contributed by atoms with E-state index in [9.17, 15) is 9.59 Å². The molecule has 0 atom stereocenters. The molecule has 1 aromatic heterocycles. The molecule has 0 saturated heterocycles. The standard InChI is InChI=1S/C14H9ClO3S/c15-10-4-2-1-3-9(10)5-6-11(16)12-7-8-13(19-12)14(17)18/h1-8H,(H,17,18)/b6-5+. The number of rotatable bonds is 4. The van der Waals surface area contributed by atoms with Crippen LogP contribution in [0.15, 0.2) is 42.5 Å². The van der Waals surface area contributed by atoms with Crippen molar-refractivity contribution in [2.24, 2.45) is 0 Å². The second-order valence-corrected chi connectivity index (χ2v) is 5.18. The fraction of sp³-hybridized carbons (Fsp3) is 0. The topological polar surface area (TPSA) is 54.4 Å².